The first-order chi connectivity index (χ1) is 18.9. The van der Waals surface area contributed by atoms with Crippen molar-refractivity contribution < 1.29 is 18.7 Å². The van der Waals surface area contributed by atoms with Gasteiger partial charge in [-0.2, -0.15) is 0 Å². The first-order valence-corrected chi connectivity index (χ1v) is 13.5. The number of aromatic nitrogens is 2. The van der Waals surface area contributed by atoms with Crippen molar-refractivity contribution in [1.29, 1.82) is 0 Å². The van der Waals surface area contributed by atoms with Gasteiger partial charge in [0.15, 0.2) is 5.78 Å². The lowest BCUT2D eigenvalue weighted by atomic mass is 9.95. The molecule has 1 aromatic heterocycles. The maximum absolute atomic E-state index is 12.5. The summed E-state index contributed by atoms with van der Waals surface area (Å²) >= 11 is 0. The summed E-state index contributed by atoms with van der Waals surface area (Å²) in [4.78, 5) is 24.0. The maximum atomic E-state index is 12.5. The first kappa shape index (κ1) is 27.8. The van der Waals surface area contributed by atoms with Crippen molar-refractivity contribution in [1.82, 2.24) is 10.2 Å². The SMILES string of the molecule is CCOC(=O)CCCC(=O)c1ccc(N[C@@H](CC(C)C)c2ccc(-c3nnc(-c4ccccc4)o3)cc2)cc1. The molecular formula is C32H35N3O4. The fraction of sp³-hybridized carbons (Fsp3) is 0.312. The van der Waals surface area contributed by atoms with Gasteiger partial charge in [-0.15, -0.1) is 10.2 Å². The fourth-order valence-corrected chi connectivity index (χ4v) is 4.37. The molecule has 1 heterocycles. The van der Waals surface area contributed by atoms with Gasteiger partial charge in [0, 0.05) is 35.2 Å². The Morgan fingerprint density at radius 3 is 2.10 bits per heavy atom. The number of ether oxygens (including phenoxy) is 1. The zero-order chi connectivity index (χ0) is 27.6. The molecule has 202 valence electrons. The van der Waals surface area contributed by atoms with E-state index in [2.05, 4.69) is 41.5 Å². The molecule has 1 atom stereocenters. The van der Waals surface area contributed by atoms with E-state index in [0.29, 0.717) is 42.7 Å². The third-order valence-corrected chi connectivity index (χ3v) is 6.35. The molecule has 4 aromatic rings. The molecule has 39 heavy (non-hydrogen) atoms. The molecule has 0 spiro atoms. The van der Waals surface area contributed by atoms with Gasteiger partial charge >= 0.3 is 5.97 Å². The Labute approximate surface area is 229 Å². The minimum absolute atomic E-state index is 0.0246. The van der Waals surface area contributed by atoms with Crippen molar-refractivity contribution in [2.45, 2.75) is 52.5 Å². The number of hydrogen-bond acceptors (Lipinski definition) is 7. The zero-order valence-electron chi connectivity index (χ0n) is 22.7. The molecule has 7 heteroatoms. The second-order valence-electron chi connectivity index (χ2n) is 9.89. The molecule has 0 aliphatic heterocycles. The number of ketones is 1. The molecule has 4 rings (SSSR count). The maximum Gasteiger partial charge on any atom is 0.305 e. The van der Waals surface area contributed by atoms with Crippen LogP contribution in [0.1, 0.15) is 68.4 Å². The topological polar surface area (TPSA) is 94.3 Å². The third-order valence-electron chi connectivity index (χ3n) is 6.35. The van der Waals surface area contributed by atoms with Crippen molar-refractivity contribution in [3.8, 4) is 22.9 Å². The Morgan fingerprint density at radius 1 is 0.846 bits per heavy atom. The number of carbonyl (C=O) groups excluding carboxylic acids is 2. The van der Waals surface area contributed by atoms with E-state index in [1.807, 2.05) is 66.7 Å². The van der Waals surface area contributed by atoms with E-state index in [4.69, 9.17) is 9.15 Å². The lowest BCUT2D eigenvalue weighted by molar-refractivity contribution is -0.143. The molecule has 0 saturated heterocycles. The number of anilines is 1. The van der Waals surface area contributed by atoms with E-state index in [0.717, 1.165) is 28.8 Å². The standard InChI is InChI=1S/C32H35N3O4/c1-4-38-30(37)12-8-11-29(36)24-17-19-27(20-18-24)33-28(21-22(2)3)23-13-15-26(16-14-23)32-35-34-31(39-32)25-9-6-5-7-10-25/h5-7,9-10,13-20,22,28,33H,4,8,11-12,21H2,1-3H3/t28-/m0/s1. The Morgan fingerprint density at radius 2 is 1.49 bits per heavy atom. The summed E-state index contributed by atoms with van der Waals surface area (Å²) in [6.07, 6.45) is 2.00. The van der Waals surface area contributed by atoms with E-state index >= 15 is 0 Å². The van der Waals surface area contributed by atoms with Gasteiger partial charge in [-0.3, -0.25) is 9.59 Å². The zero-order valence-corrected chi connectivity index (χ0v) is 22.7. The Balaban J connectivity index is 1.40. The number of esters is 1. The normalized spacial score (nSPS) is 11.8. The monoisotopic (exact) mass is 525 g/mol. The summed E-state index contributed by atoms with van der Waals surface area (Å²) in [6.45, 7) is 6.53. The number of benzene rings is 3. The number of hydrogen-bond donors (Lipinski definition) is 1. The largest absolute Gasteiger partial charge is 0.466 e. The predicted octanol–water partition coefficient (Wildman–Crippen LogP) is 7.52. The fourth-order valence-electron chi connectivity index (χ4n) is 4.37. The quantitative estimate of drug-likeness (QED) is 0.142. The lowest BCUT2D eigenvalue weighted by Gasteiger charge is -2.22. The van der Waals surface area contributed by atoms with E-state index in [1.165, 1.54) is 0 Å². The lowest BCUT2D eigenvalue weighted by Crippen LogP contribution is -2.13. The highest BCUT2D eigenvalue weighted by Gasteiger charge is 2.16. The van der Waals surface area contributed by atoms with Gasteiger partial charge in [0.1, 0.15) is 0 Å². The predicted molar refractivity (Wildman–Crippen MR) is 152 cm³/mol. The van der Waals surface area contributed by atoms with Crippen molar-refractivity contribution >= 4 is 17.4 Å². The summed E-state index contributed by atoms with van der Waals surface area (Å²) in [6, 6.07) is 25.5. The van der Waals surface area contributed by atoms with Crippen LogP contribution < -0.4 is 5.32 Å². The van der Waals surface area contributed by atoms with Crippen LogP contribution in [0.2, 0.25) is 0 Å². The van der Waals surface area contributed by atoms with Crippen LogP contribution in [0.3, 0.4) is 0 Å². The summed E-state index contributed by atoms with van der Waals surface area (Å²) in [7, 11) is 0. The molecule has 0 amide bonds. The van der Waals surface area contributed by atoms with Crippen LogP contribution in [-0.4, -0.2) is 28.6 Å². The average molecular weight is 526 g/mol. The molecule has 3 aromatic carbocycles. The van der Waals surface area contributed by atoms with E-state index in [9.17, 15) is 9.59 Å². The van der Waals surface area contributed by atoms with Crippen molar-refractivity contribution in [2.75, 3.05) is 11.9 Å². The van der Waals surface area contributed by atoms with Crippen molar-refractivity contribution in [3.63, 3.8) is 0 Å². The van der Waals surface area contributed by atoms with Gasteiger partial charge in [-0.05, 0) is 79.8 Å². The second-order valence-corrected chi connectivity index (χ2v) is 9.89. The smallest absolute Gasteiger partial charge is 0.305 e. The third kappa shape index (κ3) is 7.87. The number of nitrogens with one attached hydrogen (secondary N) is 1. The molecular weight excluding hydrogens is 490 g/mol. The molecule has 0 aliphatic carbocycles. The van der Waals surface area contributed by atoms with Crippen LogP contribution >= 0.6 is 0 Å². The van der Waals surface area contributed by atoms with E-state index in [1.54, 1.807) is 6.92 Å². The van der Waals surface area contributed by atoms with Crippen LogP contribution in [0.25, 0.3) is 22.9 Å². The van der Waals surface area contributed by atoms with Gasteiger partial charge < -0.3 is 14.5 Å². The molecule has 7 nitrogen and oxygen atoms in total. The minimum atomic E-state index is -0.261. The molecule has 0 aliphatic rings. The van der Waals surface area contributed by atoms with Gasteiger partial charge in [-0.25, -0.2) is 0 Å². The molecule has 1 N–H and O–H groups in total. The Bertz CT molecular complexity index is 1350. The second kappa shape index (κ2) is 13.5. The van der Waals surface area contributed by atoms with Crippen LogP contribution in [-0.2, 0) is 9.53 Å². The number of nitrogens with zero attached hydrogens (tertiary/aromatic N) is 2. The molecule has 0 saturated carbocycles. The van der Waals surface area contributed by atoms with Crippen molar-refractivity contribution in [2.24, 2.45) is 5.92 Å². The highest BCUT2D eigenvalue weighted by molar-refractivity contribution is 5.96. The Hall–Kier alpha value is -4.26. The summed E-state index contributed by atoms with van der Waals surface area (Å²) in [5.41, 5.74) is 4.48. The van der Waals surface area contributed by atoms with Crippen molar-refractivity contribution in [3.05, 3.63) is 90.0 Å². The Kier molecular flexibility index (Phi) is 9.62. The van der Waals surface area contributed by atoms with Gasteiger partial charge in [0.2, 0.25) is 11.8 Å². The highest BCUT2D eigenvalue weighted by Crippen LogP contribution is 2.29. The highest BCUT2D eigenvalue weighted by atomic mass is 16.5. The molecule has 0 fully saturated rings. The van der Waals surface area contributed by atoms with Crippen LogP contribution in [0, 0.1) is 5.92 Å². The number of Topliss-reactive ketones (excluding diaryl/α,β-unsaturated/α-hetero) is 1. The van der Waals surface area contributed by atoms with Crippen LogP contribution in [0.15, 0.2) is 83.3 Å². The minimum Gasteiger partial charge on any atom is -0.466 e. The van der Waals surface area contributed by atoms with Gasteiger partial charge in [0.25, 0.3) is 0 Å². The van der Waals surface area contributed by atoms with E-state index in [-0.39, 0.29) is 24.2 Å². The first-order valence-electron chi connectivity index (χ1n) is 13.5. The number of carbonyl (C=O) groups is 2. The van der Waals surface area contributed by atoms with Crippen LogP contribution in [0.5, 0.6) is 0 Å². The average Bonchev–Trinajstić information content (AvgIpc) is 3.44. The van der Waals surface area contributed by atoms with Gasteiger partial charge in [-0.1, -0.05) is 44.2 Å². The van der Waals surface area contributed by atoms with E-state index < -0.39 is 0 Å². The number of rotatable bonds is 13. The molecule has 0 unspecified atom stereocenters. The summed E-state index contributed by atoms with van der Waals surface area (Å²) in [5, 5.41) is 12.0. The summed E-state index contributed by atoms with van der Waals surface area (Å²) < 4.78 is 10.8. The molecule has 0 radical (unpaired) electrons. The molecule has 0 bridgehead atoms. The van der Waals surface area contributed by atoms with Crippen LogP contribution in [0.4, 0.5) is 5.69 Å². The van der Waals surface area contributed by atoms with Gasteiger partial charge in [0.05, 0.1) is 12.6 Å². The summed E-state index contributed by atoms with van der Waals surface area (Å²) in [5.74, 6) is 1.22.